The zero-order chi connectivity index (χ0) is 17.4. The Labute approximate surface area is 138 Å². The number of rotatable bonds is 4. The van der Waals surface area contributed by atoms with Gasteiger partial charge in [-0.2, -0.15) is 0 Å². The van der Waals surface area contributed by atoms with E-state index in [0.717, 1.165) is 22.6 Å². The van der Waals surface area contributed by atoms with Crippen LogP contribution >= 0.6 is 11.3 Å². The summed E-state index contributed by atoms with van der Waals surface area (Å²) < 4.78 is 9.71. The van der Waals surface area contributed by atoms with Crippen LogP contribution in [0.15, 0.2) is 21.3 Å². The first kappa shape index (κ1) is 15.9. The first-order valence-electron chi connectivity index (χ1n) is 6.77. The van der Waals surface area contributed by atoms with Crippen LogP contribution in [0.5, 0.6) is 0 Å². The number of fused-ring (bicyclic) bond motifs is 1. The van der Waals surface area contributed by atoms with Crippen LogP contribution in [0, 0.1) is 24.0 Å². The predicted octanol–water partition coefficient (Wildman–Crippen LogP) is 2.46. The fourth-order valence-electron chi connectivity index (χ4n) is 2.11. The van der Waals surface area contributed by atoms with Gasteiger partial charge in [0.2, 0.25) is 5.76 Å². The lowest BCUT2D eigenvalue weighted by Crippen LogP contribution is -2.14. The van der Waals surface area contributed by atoms with E-state index in [2.05, 4.69) is 9.97 Å². The second-order valence-corrected chi connectivity index (χ2v) is 6.15. The highest BCUT2D eigenvalue weighted by Crippen LogP contribution is 2.25. The van der Waals surface area contributed by atoms with E-state index < -0.39 is 16.8 Å². The lowest BCUT2D eigenvalue weighted by atomic mass is 10.2. The molecule has 0 aliphatic heterocycles. The van der Waals surface area contributed by atoms with Crippen LogP contribution in [-0.4, -0.2) is 20.9 Å². The summed E-state index contributed by atoms with van der Waals surface area (Å²) in [5.74, 6) is -1.56. The van der Waals surface area contributed by atoms with Crippen molar-refractivity contribution in [3.63, 3.8) is 0 Å². The molecule has 0 aromatic carbocycles. The maximum atomic E-state index is 12.1. The minimum atomic E-state index is -0.885. The van der Waals surface area contributed by atoms with Crippen molar-refractivity contribution in [2.45, 2.75) is 20.5 Å². The van der Waals surface area contributed by atoms with Crippen LogP contribution in [-0.2, 0) is 11.3 Å². The Bertz CT molecular complexity index is 1020. The fourth-order valence-corrected chi connectivity index (χ4v) is 3.16. The van der Waals surface area contributed by atoms with Gasteiger partial charge in [0.25, 0.3) is 5.56 Å². The number of thiophene rings is 1. The summed E-state index contributed by atoms with van der Waals surface area (Å²) in [5, 5.41) is 11.0. The van der Waals surface area contributed by atoms with E-state index in [1.807, 2.05) is 13.8 Å². The van der Waals surface area contributed by atoms with E-state index in [9.17, 15) is 19.7 Å². The van der Waals surface area contributed by atoms with Crippen LogP contribution in [0.2, 0.25) is 0 Å². The normalized spacial score (nSPS) is 10.9. The summed E-state index contributed by atoms with van der Waals surface area (Å²) in [6, 6.07) is 2.20. The monoisotopic (exact) mass is 349 g/mol. The van der Waals surface area contributed by atoms with Crippen molar-refractivity contribution in [2.75, 3.05) is 0 Å². The molecule has 24 heavy (non-hydrogen) atoms. The first-order chi connectivity index (χ1) is 11.4. The van der Waals surface area contributed by atoms with Gasteiger partial charge in [0.15, 0.2) is 0 Å². The van der Waals surface area contributed by atoms with Crippen molar-refractivity contribution in [1.29, 1.82) is 0 Å². The van der Waals surface area contributed by atoms with Crippen LogP contribution in [0.4, 0.5) is 5.88 Å². The van der Waals surface area contributed by atoms with E-state index in [1.54, 1.807) is 0 Å². The molecule has 0 fully saturated rings. The number of nitrogens with zero attached hydrogens (tertiary/aromatic N) is 2. The molecule has 10 heteroatoms. The number of hydrogen-bond acceptors (Lipinski definition) is 8. The number of carbonyl (C=O) groups is 1. The summed E-state index contributed by atoms with van der Waals surface area (Å²) in [5.41, 5.74) is 0.566. The topological polar surface area (TPSA) is 128 Å². The number of nitrogens with one attached hydrogen (secondary N) is 1. The number of H-pyrrole nitrogens is 1. The molecule has 0 aliphatic carbocycles. The Morgan fingerprint density at radius 3 is 2.88 bits per heavy atom. The van der Waals surface area contributed by atoms with Crippen LogP contribution < -0.4 is 5.56 Å². The van der Waals surface area contributed by atoms with Crippen LogP contribution in [0.25, 0.3) is 10.2 Å². The average molecular weight is 349 g/mol. The van der Waals surface area contributed by atoms with E-state index in [4.69, 9.17) is 9.15 Å². The molecule has 0 radical (unpaired) electrons. The third-order valence-electron chi connectivity index (χ3n) is 3.40. The van der Waals surface area contributed by atoms with Crippen LogP contribution in [0.3, 0.4) is 0 Å². The maximum absolute atomic E-state index is 12.1. The molecule has 0 spiro atoms. The molecule has 3 aromatic rings. The molecule has 0 bridgehead atoms. The van der Waals surface area contributed by atoms with Gasteiger partial charge in [-0.25, -0.2) is 9.78 Å². The van der Waals surface area contributed by atoms with E-state index >= 15 is 0 Å². The molecule has 1 N–H and O–H groups in total. The Kier molecular flexibility index (Phi) is 3.89. The standard InChI is InChI=1S/C14H11N3O6S/c1-6-7(2)24-13-11(6)12(18)15-9(16-13)5-22-14(19)8-3-4-10(23-8)17(20)21/h3-4H,5H2,1-2H3,(H,15,16,18). The van der Waals surface area contributed by atoms with Crippen molar-refractivity contribution in [2.24, 2.45) is 0 Å². The van der Waals surface area contributed by atoms with E-state index in [-0.39, 0.29) is 23.8 Å². The van der Waals surface area contributed by atoms with Gasteiger partial charge in [0, 0.05) is 4.88 Å². The molecule has 0 saturated carbocycles. The third kappa shape index (κ3) is 2.78. The molecule has 0 atom stereocenters. The average Bonchev–Trinajstić information content (AvgIpc) is 3.11. The molecule has 9 nitrogen and oxygen atoms in total. The number of hydrogen-bond donors (Lipinski definition) is 1. The Morgan fingerprint density at radius 1 is 1.46 bits per heavy atom. The first-order valence-corrected chi connectivity index (χ1v) is 7.58. The highest BCUT2D eigenvalue weighted by molar-refractivity contribution is 7.18. The molecular formula is C14H11N3O6S. The summed E-state index contributed by atoms with van der Waals surface area (Å²) in [7, 11) is 0. The number of ether oxygens (including phenoxy) is 1. The lowest BCUT2D eigenvalue weighted by molar-refractivity contribution is -0.402. The maximum Gasteiger partial charge on any atom is 0.433 e. The summed E-state index contributed by atoms with van der Waals surface area (Å²) in [6.07, 6.45) is 0. The molecule has 3 rings (SSSR count). The highest BCUT2D eigenvalue weighted by atomic mass is 32.1. The van der Waals surface area contributed by atoms with Gasteiger partial charge in [-0.05, 0) is 25.5 Å². The number of aryl methyl sites for hydroxylation is 2. The summed E-state index contributed by atoms with van der Waals surface area (Å²) in [4.78, 5) is 42.0. The number of aromatic amines is 1. The second-order valence-electron chi connectivity index (χ2n) is 4.95. The molecular weight excluding hydrogens is 338 g/mol. The van der Waals surface area contributed by atoms with Gasteiger partial charge in [-0.3, -0.25) is 14.9 Å². The van der Waals surface area contributed by atoms with Gasteiger partial charge in [0.1, 0.15) is 22.2 Å². The highest BCUT2D eigenvalue weighted by Gasteiger charge is 2.19. The summed E-state index contributed by atoms with van der Waals surface area (Å²) >= 11 is 1.38. The third-order valence-corrected chi connectivity index (χ3v) is 4.50. The van der Waals surface area contributed by atoms with Gasteiger partial charge in [-0.1, -0.05) is 0 Å². The van der Waals surface area contributed by atoms with Crippen molar-refractivity contribution >= 4 is 33.4 Å². The molecule has 0 amide bonds. The van der Waals surface area contributed by atoms with Crippen molar-refractivity contribution < 1.29 is 18.9 Å². The molecule has 0 aliphatic rings. The molecule has 124 valence electrons. The number of furan rings is 1. The Morgan fingerprint density at radius 2 is 2.21 bits per heavy atom. The van der Waals surface area contributed by atoms with Gasteiger partial charge in [-0.15, -0.1) is 11.3 Å². The minimum Gasteiger partial charge on any atom is -0.452 e. The van der Waals surface area contributed by atoms with Gasteiger partial charge < -0.3 is 14.1 Å². The Hall–Kier alpha value is -3.01. The zero-order valence-electron chi connectivity index (χ0n) is 12.6. The smallest absolute Gasteiger partial charge is 0.433 e. The van der Waals surface area contributed by atoms with Crippen LogP contribution in [0.1, 0.15) is 26.8 Å². The number of aromatic nitrogens is 2. The molecule has 3 aromatic heterocycles. The number of carbonyl (C=O) groups excluding carboxylic acids is 1. The summed E-state index contributed by atoms with van der Waals surface area (Å²) in [6.45, 7) is 3.45. The lowest BCUT2D eigenvalue weighted by Gasteiger charge is -2.02. The number of esters is 1. The van der Waals surface area contributed by atoms with Gasteiger partial charge in [0.05, 0.1) is 11.5 Å². The van der Waals surface area contributed by atoms with Gasteiger partial charge >= 0.3 is 11.9 Å². The molecule has 3 heterocycles. The number of nitro groups is 1. The second kappa shape index (κ2) is 5.89. The minimum absolute atomic E-state index is 0.183. The molecule has 0 saturated heterocycles. The van der Waals surface area contributed by atoms with Crippen molar-refractivity contribution in [3.8, 4) is 0 Å². The predicted molar refractivity (Wildman–Crippen MR) is 84.2 cm³/mol. The zero-order valence-corrected chi connectivity index (χ0v) is 13.4. The quantitative estimate of drug-likeness (QED) is 0.435. The Balaban J connectivity index is 1.79. The van der Waals surface area contributed by atoms with E-state index in [0.29, 0.717) is 10.2 Å². The van der Waals surface area contributed by atoms with Crippen molar-refractivity contribution in [1.82, 2.24) is 9.97 Å². The van der Waals surface area contributed by atoms with Crippen molar-refractivity contribution in [3.05, 3.63) is 54.6 Å². The fraction of sp³-hybridized carbons (Fsp3) is 0.214. The van der Waals surface area contributed by atoms with E-state index in [1.165, 1.54) is 11.3 Å². The SMILES string of the molecule is Cc1sc2nc(COC(=O)c3ccc([N+](=O)[O-])o3)[nH]c(=O)c2c1C. The molecule has 0 unspecified atom stereocenters. The largest absolute Gasteiger partial charge is 0.452 e.